The van der Waals surface area contributed by atoms with Crippen molar-refractivity contribution in [3.05, 3.63) is 35.6 Å². The van der Waals surface area contributed by atoms with Crippen molar-refractivity contribution < 1.29 is 4.39 Å². The topological polar surface area (TPSA) is 39.7 Å². The highest BCUT2D eigenvalue weighted by Gasteiger charge is 2.14. The van der Waals surface area contributed by atoms with E-state index in [1.807, 2.05) is 19.2 Å². The average Bonchev–Trinajstić information content (AvgIpc) is 2.57. The fourth-order valence-electron chi connectivity index (χ4n) is 2.98. The molecule has 0 saturated heterocycles. The quantitative estimate of drug-likeness (QED) is 0.398. The van der Waals surface area contributed by atoms with Gasteiger partial charge in [-0.3, -0.25) is 4.99 Å². The summed E-state index contributed by atoms with van der Waals surface area (Å²) >= 11 is 0. The molecule has 1 aromatic carbocycles. The van der Waals surface area contributed by atoms with Gasteiger partial charge in [0.25, 0.3) is 0 Å². The first kappa shape index (κ1) is 21.2. The van der Waals surface area contributed by atoms with Gasteiger partial charge < -0.3 is 15.5 Å². The molecule has 0 amide bonds. The van der Waals surface area contributed by atoms with E-state index in [0.29, 0.717) is 6.04 Å². The van der Waals surface area contributed by atoms with E-state index in [1.165, 1.54) is 44.2 Å². The zero-order chi connectivity index (χ0) is 16.5. The number of nitrogens with zero attached hydrogens (tertiary/aromatic N) is 2. The Hall–Kier alpha value is -0.890. The molecule has 1 aliphatic carbocycles. The summed E-state index contributed by atoms with van der Waals surface area (Å²) < 4.78 is 12.9. The molecule has 0 atom stereocenters. The summed E-state index contributed by atoms with van der Waals surface area (Å²) in [7, 11) is 3.89. The lowest BCUT2D eigenvalue weighted by Crippen LogP contribution is -2.45. The predicted octanol–water partition coefficient (Wildman–Crippen LogP) is 3.37. The second kappa shape index (κ2) is 11.6. The largest absolute Gasteiger partial charge is 0.355 e. The Morgan fingerprint density at radius 2 is 1.88 bits per heavy atom. The number of rotatable bonds is 6. The van der Waals surface area contributed by atoms with Crippen LogP contribution < -0.4 is 10.6 Å². The number of hydrogen-bond acceptors (Lipinski definition) is 2. The Kier molecular flexibility index (Phi) is 10.2. The van der Waals surface area contributed by atoms with Gasteiger partial charge in [-0.05, 0) is 37.6 Å². The molecular weight excluding hydrogens is 418 g/mol. The molecule has 0 heterocycles. The summed E-state index contributed by atoms with van der Waals surface area (Å²) in [5, 5.41) is 6.89. The number of aliphatic imine (C=N–C) groups is 1. The molecule has 1 fully saturated rings. The lowest BCUT2D eigenvalue weighted by molar-refractivity contribution is 0.330. The van der Waals surface area contributed by atoms with Crippen molar-refractivity contribution >= 4 is 29.9 Å². The third kappa shape index (κ3) is 7.79. The minimum atomic E-state index is -0.185. The number of benzene rings is 1. The van der Waals surface area contributed by atoms with Crippen LogP contribution in [-0.4, -0.2) is 44.1 Å². The summed E-state index contributed by atoms with van der Waals surface area (Å²) in [6, 6.07) is 7.26. The fraction of sp³-hybridized carbons (Fsp3) is 0.611. The monoisotopic (exact) mass is 448 g/mol. The van der Waals surface area contributed by atoms with Gasteiger partial charge in [-0.15, -0.1) is 24.0 Å². The predicted molar refractivity (Wildman–Crippen MR) is 110 cm³/mol. The fourth-order valence-corrected chi connectivity index (χ4v) is 2.98. The summed E-state index contributed by atoms with van der Waals surface area (Å²) in [5.74, 6) is 0.711. The third-order valence-electron chi connectivity index (χ3n) is 4.32. The maximum absolute atomic E-state index is 12.9. The first-order valence-electron chi connectivity index (χ1n) is 8.57. The summed E-state index contributed by atoms with van der Waals surface area (Å²) in [6.45, 7) is 2.56. The molecule has 2 rings (SSSR count). The SMILES string of the molecule is CN=C(NCCN(C)Cc1ccc(F)cc1)NC1CCCCC1.I. The highest BCUT2D eigenvalue weighted by Crippen LogP contribution is 2.17. The van der Waals surface area contributed by atoms with Crippen LogP contribution in [0.3, 0.4) is 0 Å². The van der Waals surface area contributed by atoms with Gasteiger partial charge >= 0.3 is 0 Å². The molecular formula is C18H30FIN4. The molecule has 6 heteroatoms. The molecule has 24 heavy (non-hydrogen) atoms. The molecule has 1 aromatic rings. The van der Waals surface area contributed by atoms with E-state index in [9.17, 15) is 4.39 Å². The van der Waals surface area contributed by atoms with E-state index in [1.54, 1.807) is 0 Å². The van der Waals surface area contributed by atoms with Crippen LogP contribution in [-0.2, 0) is 6.54 Å². The van der Waals surface area contributed by atoms with Crippen LogP contribution in [0.1, 0.15) is 37.7 Å². The van der Waals surface area contributed by atoms with Crippen LogP contribution >= 0.6 is 24.0 Å². The van der Waals surface area contributed by atoms with Gasteiger partial charge in [0, 0.05) is 32.7 Å². The first-order valence-corrected chi connectivity index (χ1v) is 8.57. The van der Waals surface area contributed by atoms with Gasteiger partial charge in [0.15, 0.2) is 5.96 Å². The number of guanidine groups is 1. The summed E-state index contributed by atoms with van der Waals surface area (Å²) in [4.78, 5) is 6.52. The van der Waals surface area contributed by atoms with Gasteiger partial charge in [0.1, 0.15) is 5.82 Å². The van der Waals surface area contributed by atoms with Crippen molar-refractivity contribution in [2.45, 2.75) is 44.7 Å². The molecule has 2 N–H and O–H groups in total. The zero-order valence-corrected chi connectivity index (χ0v) is 17.1. The Morgan fingerprint density at radius 1 is 1.21 bits per heavy atom. The van der Waals surface area contributed by atoms with Crippen LogP contribution in [0.5, 0.6) is 0 Å². The van der Waals surface area contributed by atoms with Crippen LogP contribution in [0.2, 0.25) is 0 Å². The molecule has 0 radical (unpaired) electrons. The van der Waals surface area contributed by atoms with E-state index in [4.69, 9.17) is 0 Å². The Bertz CT molecular complexity index is 486. The number of likely N-dealkylation sites (N-methyl/N-ethyl adjacent to an activating group) is 1. The number of nitrogens with one attached hydrogen (secondary N) is 2. The lowest BCUT2D eigenvalue weighted by atomic mass is 9.96. The molecule has 0 unspecified atom stereocenters. The maximum Gasteiger partial charge on any atom is 0.191 e. The van der Waals surface area contributed by atoms with E-state index in [0.717, 1.165) is 31.2 Å². The van der Waals surface area contributed by atoms with Crippen molar-refractivity contribution in [3.8, 4) is 0 Å². The van der Waals surface area contributed by atoms with Gasteiger partial charge in [-0.1, -0.05) is 31.4 Å². The van der Waals surface area contributed by atoms with E-state index in [2.05, 4.69) is 27.6 Å². The van der Waals surface area contributed by atoms with E-state index < -0.39 is 0 Å². The highest BCUT2D eigenvalue weighted by atomic mass is 127. The summed E-state index contributed by atoms with van der Waals surface area (Å²) in [6.07, 6.45) is 6.47. The summed E-state index contributed by atoms with van der Waals surface area (Å²) in [5.41, 5.74) is 1.12. The molecule has 0 bridgehead atoms. The van der Waals surface area contributed by atoms with Crippen molar-refractivity contribution in [2.75, 3.05) is 27.2 Å². The average molecular weight is 448 g/mol. The molecule has 0 spiro atoms. The third-order valence-corrected chi connectivity index (χ3v) is 4.32. The zero-order valence-electron chi connectivity index (χ0n) is 14.7. The Labute approximate surface area is 162 Å². The van der Waals surface area contributed by atoms with E-state index >= 15 is 0 Å². The van der Waals surface area contributed by atoms with Crippen LogP contribution in [0.15, 0.2) is 29.3 Å². The van der Waals surface area contributed by atoms with E-state index in [-0.39, 0.29) is 29.8 Å². The number of halogens is 2. The van der Waals surface area contributed by atoms with Crippen LogP contribution in [0, 0.1) is 5.82 Å². The molecule has 1 aliphatic rings. The van der Waals surface area contributed by atoms with Crippen molar-refractivity contribution in [2.24, 2.45) is 4.99 Å². The minimum absolute atomic E-state index is 0. The lowest BCUT2D eigenvalue weighted by Gasteiger charge is -2.25. The van der Waals surface area contributed by atoms with Gasteiger partial charge in [0.2, 0.25) is 0 Å². The van der Waals surface area contributed by atoms with Crippen LogP contribution in [0.25, 0.3) is 0 Å². The van der Waals surface area contributed by atoms with Crippen molar-refractivity contribution in [1.29, 1.82) is 0 Å². The van der Waals surface area contributed by atoms with Crippen LogP contribution in [0.4, 0.5) is 4.39 Å². The molecule has 4 nitrogen and oxygen atoms in total. The standard InChI is InChI=1S/C18H29FN4.HI/c1-20-18(22-17-6-4-3-5-7-17)21-12-13-23(2)14-15-8-10-16(19)11-9-15;/h8-11,17H,3-7,12-14H2,1-2H3,(H2,20,21,22);1H. The van der Waals surface area contributed by atoms with Crippen molar-refractivity contribution in [1.82, 2.24) is 15.5 Å². The smallest absolute Gasteiger partial charge is 0.191 e. The minimum Gasteiger partial charge on any atom is -0.355 e. The number of hydrogen-bond donors (Lipinski definition) is 2. The first-order chi connectivity index (χ1) is 11.2. The van der Waals surface area contributed by atoms with Gasteiger partial charge in [-0.25, -0.2) is 4.39 Å². The second-order valence-corrected chi connectivity index (χ2v) is 6.34. The highest BCUT2D eigenvalue weighted by molar-refractivity contribution is 14.0. The molecule has 136 valence electrons. The maximum atomic E-state index is 12.9. The van der Waals surface area contributed by atoms with Gasteiger partial charge in [-0.2, -0.15) is 0 Å². The Balaban J connectivity index is 0.00000288. The Morgan fingerprint density at radius 3 is 2.50 bits per heavy atom. The molecule has 0 aliphatic heterocycles. The van der Waals surface area contributed by atoms with Crippen molar-refractivity contribution in [3.63, 3.8) is 0 Å². The molecule has 0 aromatic heterocycles. The second-order valence-electron chi connectivity index (χ2n) is 6.34. The normalized spacial score (nSPS) is 15.9. The molecule has 1 saturated carbocycles. The van der Waals surface area contributed by atoms with Gasteiger partial charge in [0.05, 0.1) is 0 Å².